The van der Waals surface area contributed by atoms with Crippen LogP contribution in [0.2, 0.25) is 0 Å². The van der Waals surface area contributed by atoms with Crippen molar-refractivity contribution in [2.75, 3.05) is 0 Å². The molecule has 0 bridgehead atoms. The van der Waals surface area contributed by atoms with E-state index in [1.807, 2.05) is 0 Å². The van der Waals surface area contributed by atoms with Crippen LogP contribution in [0.25, 0.3) is 0 Å². The number of rotatable bonds is 4. The maximum atomic E-state index is 10.7. The molecule has 1 amide bonds. The topological polar surface area (TPSA) is 79.3 Å². The van der Waals surface area contributed by atoms with Crippen LogP contribution >= 0.6 is 11.3 Å². The van der Waals surface area contributed by atoms with Gasteiger partial charge in [-0.2, -0.15) is 0 Å². The molecule has 1 rings (SSSR count). The molecule has 1 aromatic rings. The Bertz CT molecular complexity index is 323. The molecule has 0 saturated heterocycles. The van der Waals surface area contributed by atoms with Crippen molar-refractivity contribution in [1.82, 2.24) is 10.3 Å². The van der Waals surface area contributed by atoms with E-state index in [0.717, 1.165) is 0 Å². The molecule has 0 aliphatic carbocycles. The van der Waals surface area contributed by atoms with Crippen LogP contribution in [-0.2, 0) is 16.0 Å². The molecule has 2 N–H and O–H groups in total. The van der Waals surface area contributed by atoms with Gasteiger partial charge in [0.2, 0.25) is 5.91 Å². The van der Waals surface area contributed by atoms with Crippen LogP contribution in [-0.4, -0.2) is 28.0 Å². The zero-order chi connectivity index (χ0) is 10.6. The van der Waals surface area contributed by atoms with Crippen LogP contribution in [0.3, 0.4) is 0 Å². The van der Waals surface area contributed by atoms with E-state index in [1.54, 1.807) is 11.6 Å². The summed E-state index contributed by atoms with van der Waals surface area (Å²) in [7, 11) is 0. The average molecular weight is 214 g/mol. The Morgan fingerprint density at radius 2 is 2.43 bits per heavy atom. The van der Waals surface area contributed by atoms with Gasteiger partial charge in [0.15, 0.2) is 0 Å². The number of nitrogens with one attached hydrogen (secondary N) is 1. The number of hydrogen-bond acceptors (Lipinski definition) is 4. The van der Waals surface area contributed by atoms with E-state index in [0.29, 0.717) is 5.01 Å². The van der Waals surface area contributed by atoms with Gasteiger partial charge in [-0.1, -0.05) is 0 Å². The SMILES string of the molecule is CC(=O)NC(Cc1nccs1)C(=O)O. The minimum absolute atomic E-state index is 0.229. The second-order valence-corrected chi connectivity index (χ2v) is 3.70. The summed E-state index contributed by atoms with van der Waals surface area (Å²) in [6, 6.07) is -0.890. The van der Waals surface area contributed by atoms with E-state index in [4.69, 9.17) is 5.11 Å². The zero-order valence-corrected chi connectivity index (χ0v) is 8.37. The fourth-order valence-corrected chi connectivity index (χ4v) is 1.64. The van der Waals surface area contributed by atoms with Gasteiger partial charge in [-0.3, -0.25) is 4.79 Å². The Labute approximate surface area is 84.8 Å². The molecular weight excluding hydrogens is 204 g/mol. The molecule has 0 radical (unpaired) electrons. The lowest BCUT2D eigenvalue weighted by atomic mass is 10.2. The van der Waals surface area contributed by atoms with Crippen molar-refractivity contribution in [1.29, 1.82) is 0 Å². The molecule has 0 saturated carbocycles. The molecule has 76 valence electrons. The molecule has 0 aliphatic rings. The van der Waals surface area contributed by atoms with Gasteiger partial charge in [-0.15, -0.1) is 11.3 Å². The summed E-state index contributed by atoms with van der Waals surface area (Å²) in [4.78, 5) is 25.4. The highest BCUT2D eigenvalue weighted by Gasteiger charge is 2.19. The zero-order valence-electron chi connectivity index (χ0n) is 7.56. The lowest BCUT2D eigenvalue weighted by Gasteiger charge is -2.10. The molecule has 0 fully saturated rings. The lowest BCUT2D eigenvalue weighted by Crippen LogP contribution is -2.41. The summed E-state index contributed by atoms with van der Waals surface area (Å²) in [5.41, 5.74) is 0. The predicted molar refractivity (Wildman–Crippen MR) is 51.1 cm³/mol. The number of thiazole rings is 1. The van der Waals surface area contributed by atoms with Crippen molar-refractivity contribution in [3.63, 3.8) is 0 Å². The quantitative estimate of drug-likeness (QED) is 0.754. The summed E-state index contributed by atoms with van der Waals surface area (Å²) >= 11 is 1.37. The number of amides is 1. The summed E-state index contributed by atoms with van der Waals surface area (Å²) < 4.78 is 0. The third kappa shape index (κ3) is 3.14. The van der Waals surface area contributed by atoms with Gasteiger partial charge in [-0.25, -0.2) is 9.78 Å². The van der Waals surface area contributed by atoms with Gasteiger partial charge in [0.1, 0.15) is 6.04 Å². The smallest absolute Gasteiger partial charge is 0.326 e. The van der Waals surface area contributed by atoms with Crippen molar-refractivity contribution in [3.8, 4) is 0 Å². The normalized spacial score (nSPS) is 12.1. The Balaban J connectivity index is 2.60. The van der Waals surface area contributed by atoms with Gasteiger partial charge in [0.25, 0.3) is 0 Å². The van der Waals surface area contributed by atoms with Gasteiger partial charge in [-0.05, 0) is 0 Å². The number of carbonyl (C=O) groups is 2. The van der Waals surface area contributed by atoms with Crippen molar-refractivity contribution < 1.29 is 14.7 Å². The second-order valence-electron chi connectivity index (χ2n) is 2.72. The van der Waals surface area contributed by atoms with E-state index in [-0.39, 0.29) is 12.3 Å². The van der Waals surface area contributed by atoms with E-state index in [9.17, 15) is 9.59 Å². The molecule has 1 unspecified atom stereocenters. The van der Waals surface area contributed by atoms with Gasteiger partial charge in [0.05, 0.1) is 5.01 Å². The predicted octanol–water partition coefficient (Wildman–Crippen LogP) is 0.275. The number of nitrogens with zero attached hydrogens (tertiary/aromatic N) is 1. The standard InChI is InChI=1S/C8H10N2O3S/c1-5(11)10-6(8(12)13)4-7-9-2-3-14-7/h2-3,6H,4H2,1H3,(H,10,11)(H,12,13). The van der Waals surface area contributed by atoms with Crippen molar-refractivity contribution >= 4 is 23.2 Å². The van der Waals surface area contributed by atoms with E-state index >= 15 is 0 Å². The first kappa shape index (κ1) is 10.6. The molecule has 1 heterocycles. The van der Waals surface area contributed by atoms with Gasteiger partial charge in [0, 0.05) is 24.9 Å². The summed E-state index contributed by atoms with van der Waals surface area (Å²) in [6.45, 7) is 1.29. The Morgan fingerprint density at radius 1 is 1.71 bits per heavy atom. The van der Waals surface area contributed by atoms with Crippen LogP contribution in [0.1, 0.15) is 11.9 Å². The molecule has 0 aromatic carbocycles. The second kappa shape index (κ2) is 4.71. The molecule has 1 atom stereocenters. The lowest BCUT2D eigenvalue weighted by molar-refractivity contribution is -0.141. The summed E-state index contributed by atoms with van der Waals surface area (Å²) in [5, 5.41) is 13.6. The fourth-order valence-electron chi connectivity index (χ4n) is 0.974. The number of aromatic nitrogens is 1. The van der Waals surface area contributed by atoms with E-state index < -0.39 is 12.0 Å². The van der Waals surface area contributed by atoms with Gasteiger partial charge < -0.3 is 10.4 Å². The number of carboxylic acid groups (broad SMARTS) is 1. The van der Waals surface area contributed by atoms with Gasteiger partial charge >= 0.3 is 5.97 Å². The van der Waals surface area contributed by atoms with Crippen LogP contribution in [0.5, 0.6) is 0 Å². The molecule has 1 aromatic heterocycles. The first-order valence-corrected chi connectivity index (χ1v) is 4.86. The molecule has 0 spiro atoms. The maximum absolute atomic E-state index is 10.7. The Hall–Kier alpha value is -1.43. The molecule has 14 heavy (non-hydrogen) atoms. The first-order chi connectivity index (χ1) is 6.59. The highest BCUT2D eigenvalue weighted by Crippen LogP contribution is 2.07. The largest absolute Gasteiger partial charge is 0.480 e. The van der Waals surface area contributed by atoms with Crippen molar-refractivity contribution in [3.05, 3.63) is 16.6 Å². The first-order valence-electron chi connectivity index (χ1n) is 3.98. The van der Waals surface area contributed by atoms with Crippen LogP contribution in [0.4, 0.5) is 0 Å². The van der Waals surface area contributed by atoms with Crippen molar-refractivity contribution in [2.24, 2.45) is 0 Å². The molecular formula is C8H10N2O3S. The van der Waals surface area contributed by atoms with E-state index in [2.05, 4.69) is 10.3 Å². The summed E-state index contributed by atoms with van der Waals surface area (Å²) in [6.07, 6.45) is 1.83. The minimum Gasteiger partial charge on any atom is -0.480 e. The monoisotopic (exact) mass is 214 g/mol. The molecule has 0 aliphatic heterocycles. The fraction of sp³-hybridized carbons (Fsp3) is 0.375. The number of aliphatic carboxylic acids is 1. The molecule has 5 nitrogen and oxygen atoms in total. The van der Waals surface area contributed by atoms with Crippen LogP contribution in [0, 0.1) is 0 Å². The highest BCUT2D eigenvalue weighted by molar-refractivity contribution is 7.09. The van der Waals surface area contributed by atoms with Crippen LogP contribution < -0.4 is 5.32 Å². The Morgan fingerprint density at radius 3 is 2.86 bits per heavy atom. The highest BCUT2D eigenvalue weighted by atomic mass is 32.1. The minimum atomic E-state index is -1.05. The van der Waals surface area contributed by atoms with Crippen molar-refractivity contribution in [2.45, 2.75) is 19.4 Å². The average Bonchev–Trinajstić information content (AvgIpc) is 2.54. The Kier molecular flexibility index (Phi) is 3.58. The molecule has 6 heteroatoms. The third-order valence-corrected chi connectivity index (χ3v) is 2.34. The number of hydrogen-bond donors (Lipinski definition) is 2. The van der Waals surface area contributed by atoms with Crippen LogP contribution in [0.15, 0.2) is 11.6 Å². The third-order valence-electron chi connectivity index (χ3n) is 1.54. The maximum Gasteiger partial charge on any atom is 0.326 e. The van der Waals surface area contributed by atoms with E-state index in [1.165, 1.54) is 18.3 Å². The summed E-state index contributed by atoms with van der Waals surface area (Å²) in [5.74, 6) is -1.40. The number of carboxylic acids is 1. The number of carbonyl (C=O) groups excluding carboxylic acids is 1.